The first-order valence-electron chi connectivity index (χ1n) is 4.12. The minimum absolute atomic E-state index is 0.337. The molecule has 1 heterocycles. The Labute approximate surface area is 80.8 Å². The van der Waals surface area contributed by atoms with E-state index in [4.69, 9.17) is 21.1 Å². The number of fused-ring (bicyclic) bond motifs is 2. The summed E-state index contributed by atoms with van der Waals surface area (Å²) in [5, 5.41) is 0.858. The molecule has 0 fully saturated rings. The normalized spacial score (nSPS) is 23.9. The third-order valence-electron chi connectivity index (χ3n) is 2.33. The van der Waals surface area contributed by atoms with Crippen molar-refractivity contribution in [3.8, 4) is 0 Å². The van der Waals surface area contributed by atoms with E-state index in [9.17, 15) is 0 Å². The maximum atomic E-state index is 5.92. The van der Waals surface area contributed by atoms with Gasteiger partial charge in [-0.25, -0.2) is 0 Å². The molecule has 0 aromatic rings. The first-order chi connectivity index (χ1) is 6.34. The van der Waals surface area contributed by atoms with Crippen LogP contribution in [0.3, 0.4) is 0 Å². The standard InChI is InChI=1S/C10H7ClO2/c11-7-1-2-8-6(3-7)4-9-10(8)13-5-12-9/h1-2,4H,3,5H2. The van der Waals surface area contributed by atoms with E-state index in [1.165, 1.54) is 5.57 Å². The van der Waals surface area contributed by atoms with Crippen molar-refractivity contribution in [2.75, 3.05) is 6.79 Å². The first kappa shape index (κ1) is 7.27. The molecule has 3 rings (SSSR count). The number of rotatable bonds is 0. The van der Waals surface area contributed by atoms with Crippen molar-refractivity contribution < 1.29 is 9.47 Å². The Balaban J connectivity index is 2.08. The van der Waals surface area contributed by atoms with Gasteiger partial charge >= 0.3 is 0 Å². The van der Waals surface area contributed by atoms with Gasteiger partial charge in [-0.15, -0.1) is 0 Å². The van der Waals surface area contributed by atoms with Gasteiger partial charge in [0.1, 0.15) is 0 Å². The summed E-state index contributed by atoms with van der Waals surface area (Å²) >= 11 is 5.92. The molecule has 66 valence electrons. The van der Waals surface area contributed by atoms with Crippen molar-refractivity contribution in [1.82, 2.24) is 0 Å². The summed E-state index contributed by atoms with van der Waals surface area (Å²) in [6.45, 7) is 0.337. The third-order valence-corrected chi connectivity index (χ3v) is 2.59. The predicted molar refractivity (Wildman–Crippen MR) is 48.8 cm³/mol. The third kappa shape index (κ3) is 0.954. The van der Waals surface area contributed by atoms with Gasteiger partial charge in [0.2, 0.25) is 6.79 Å². The van der Waals surface area contributed by atoms with Crippen LogP contribution in [0.5, 0.6) is 0 Å². The molecular formula is C10H7ClO2. The van der Waals surface area contributed by atoms with Gasteiger partial charge in [0.05, 0.1) is 0 Å². The molecule has 0 radical (unpaired) electrons. The number of ether oxygens (including phenoxy) is 2. The van der Waals surface area contributed by atoms with Gasteiger partial charge in [-0.3, -0.25) is 0 Å². The van der Waals surface area contributed by atoms with Gasteiger partial charge < -0.3 is 9.47 Å². The summed E-state index contributed by atoms with van der Waals surface area (Å²) in [6.07, 6.45) is 6.68. The highest BCUT2D eigenvalue weighted by Crippen LogP contribution is 2.41. The van der Waals surface area contributed by atoms with E-state index in [0.717, 1.165) is 28.5 Å². The molecule has 0 N–H and O–H groups in total. The zero-order valence-electron chi connectivity index (χ0n) is 6.84. The number of halogens is 1. The van der Waals surface area contributed by atoms with E-state index < -0.39 is 0 Å². The number of allylic oxidation sites excluding steroid dienone is 5. The van der Waals surface area contributed by atoms with Crippen LogP contribution in [0.2, 0.25) is 0 Å². The molecule has 2 nitrogen and oxygen atoms in total. The zero-order valence-corrected chi connectivity index (χ0v) is 7.60. The summed E-state index contributed by atoms with van der Waals surface area (Å²) < 4.78 is 10.6. The molecule has 13 heavy (non-hydrogen) atoms. The van der Waals surface area contributed by atoms with E-state index in [2.05, 4.69) is 0 Å². The fourth-order valence-electron chi connectivity index (χ4n) is 1.73. The van der Waals surface area contributed by atoms with Crippen LogP contribution in [-0.2, 0) is 9.47 Å². The van der Waals surface area contributed by atoms with Crippen molar-refractivity contribution in [3.63, 3.8) is 0 Å². The topological polar surface area (TPSA) is 18.5 Å². The molecule has 0 aromatic carbocycles. The molecule has 0 unspecified atom stereocenters. The van der Waals surface area contributed by atoms with Crippen LogP contribution in [0.1, 0.15) is 6.42 Å². The average molecular weight is 195 g/mol. The summed E-state index contributed by atoms with van der Waals surface area (Å²) in [6, 6.07) is 0. The minimum atomic E-state index is 0.337. The van der Waals surface area contributed by atoms with E-state index in [1.54, 1.807) is 0 Å². The second kappa shape index (κ2) is 2.42. The van der Waals surface area contributed by atoms with Crippen LogP contribution in [0.4, 0.5) is 0 Å². The second-order valence-corrected chi connectivity index (χ2v) is 3.63. The molecule has 1 aliphatic heterocycles. The molecule has 0 bridgehead atoms. The molecule has 0 spiro atoms. The summed E-state index contributed by atoms with van der Waals surface area (Å²) in [5.41, 5.74) is 2.31. The van der Waals surface area contributed by atoms with Gasteiger partial charge in [-0.2, -0.15) is 0 Å². The Morgan fingerprint density at radius 3 is 3.08 bits per heavy atom. The van der Waals surface area contributed by atoms with Gasteiger partial charge in [-0.1, -0.05) is 11.6 Å². The van der Waals surface area contributed by atoms with E-state index in [-0.39, 0.29) is 0 Å². The monoisotopic (exact) mass is 194 g/mol. The second-order valence-electron chi connectivity index (χ2n) is 3.14. The molecule has 0 saturated carbocycles. The largest absolute Gasteiger partial charge is 0.454 e. The first-order valence-corrected chi connectivity index (χ1v) is 4.50. The molecule has 0 amide bonds. The summed E-state index contributed by atoms with van der Waals surface area (Å²) in [4.78, 5) is 0. The van der Waals surface area contributed by atoms with Crippen LogP contribution in [0.15, 0.2) is 45.9 Å². The van der Waals surface area contributed by atoms with Gasteiger partial charge in [0, 0.05) is 17.0 Å². The molecule has 0 atom stereocenters. The molecule has 3 aliphatic rings. The molecular weight excluding hydrogens is 188 g/mol. The Kier molecular flexibility index (Phi) is 1.35. The number of hydrogen-bond acceptors (Lipinski definition) is 2. The maximum Gasteiger partial charge on any atom is 0.231 e. The van der Waals surface area contributed by atoms with Gasteiger partial charge in [-0.05, 0) is 23.8 Å². The zero-order chi connectivity index (χ0) is 8.84. The molecule has 0 saturated heterocycles. The minimum Gasteiger partial charge on any atom is -0.454 e. The van der Waals surface area contributed by atoms with E-state index in [1.807, 2.05) is 18.2 Å². The maximum absolute atomic E-state index is 5.92. The Bertz CT molecular complexity index is 399. The highest BCUT2D eigenvalue weighted by molar-refractivity contribution is 6.30. The van der Waals surface area contributed by atoms with Crippen molar-refractivity contribution in [2.45, 2.75) is 6.42 Å². The highest BCUT2D eigenvalue weighted by Gasteiger charge is 2.29. The quantitative estimate of drug-likeness (QED) is 0.590. The summed E-state index contributed by atoms with van der Waals surface area (Å²) in [5.74, 6) is 1.72. The van der Waals surface area contributed by atoms with Crippen molar-refractivity contribution in [1.29, 1.82) is 0 Å². The van der Waals surface area contributed by atoms with Crippen molar-refractivity contribution >= 4 is 11.6 Å². The van der Waals surface area contributed by atoms with Crippen LogP contribution < -0.4 is 0 Å². The van der Waals surface area contributed by atoms with E-state index >= 15 is 0 Å². The Morgan fingerprint density at radius 2 is 2.15 bits per heavy atom. The van der Waals surface area contributed by atoms with Crippen LogP contribution >= 0.6 is 11.6 Å². The van der Waals surface area contributed by atoms with Crippen molar-refractivity contribution in [3.05, 3.63) is 45.9 Å². The smallest absolute Gasteiger partial charge is 0.231 e. The Hall–Kier alpha value is -1.15. The lowest BCUT2D eigenvalue weighted by Crippen LogP contribution is -1.97. The predicted octanol–water partition coefficient (Wildman–Crippen LogP) is 2.60. The molecule has 3 heteroatoms. The van der Waals surface area contributed by atoms with Crippen molar-refractivity contribution in [2.24, 2.45) is 0 Å². The fourth-order valence-corrected chi connectivity index (χ4v) is 1.94. The van der Waals surface area contributed by atoms with Crippen LogP contribution in [0, 0.1) is 0 Å². The highest BCUT2D eigenvalue weighted by atomic mass is 35.5. The lowest BCUT2D eigenvalue weighted by atomic mass is 10.0. The summed E-state index contributed by atoms with van der Waals surface area (Å²) in [7, 11) is 0. The van der Waals surface area contributed by atoms with E-state index in [0.29, 0.717) is 6.79 Å². The molecule has 2 aliphatic carbocycles. The lowest BCUT2D eigenvalue weighted by molar-refractivity contribution is 0.0755. The Morgan fingerprint density at radius 1 is 1.23 bits per heavy atom. The van der Waals surface area contributed by atoms with Gasteiger partial charge in [0.25, 0.3) is 0 Å². The fraction of sp³-hybridized carbons (Fsp3) is 0.200. The number of hydrogen-bond donors (Lipinski definition) is 0. The SMILES string of the molecule is ClC1=CC=C2C(=CC3=C2OCO3)C1. The van der Waals surface area contributed by atoms with Gasteiger partial charge in [0.15, 0.2) is 11.5 Å². The lowest BCUT2D eigenvalue weighted by Gasteiger charge is -2.11. The molecule has 0 aromatic heterocycles. The average Bonchev–Trinajstić information content (AvgIpc) is 2.62. The van der Waals surface area contributed by atoms with Crippen LogP contribution in [-0.4, -0.2) is 6.79 Å². The van der Waals surface area contributed by atoms with Crippen LogP contribution in [0.25, 0.3) is 0 Å².